The molecule has 3 N–H and O–H groups in total. The molecule has 0 radical (unpaired) electrons. The lowest BCUT2D eigenvalue weighted by atomic mass is 10.2. The Labute approximate surface area is 108 Å². The van der Waals surface area contributed by atoms with E-state index in [0.717, 1.165) is 25.3 Å². The van der Waals surface area contributed by atoms with Crippen LogP contribution in [0.1, 0.15) is 13.3 Å². The van der Waals surface area contributed by atoms with Crippen LogP contribution in [0.2, 0.25) is 0 Å². The van der Waals surface area contributed by atoms with Gasteiger partial charge in [0.25, 0.3) is 0 Å². The van der Waals surface area contributed by atoms with Crippen LogP contribution in [-0.2, 0) is 4.74 Å². The molecule has 0 amide bonds. The van der Waals surface area contributed by atoms with Crippen LogP contribution in [0.4, 0.5) is 5.69 Å². The number of rotatable bonds is 2. The number of ether oxygens (including phenoxy) is 1. The first-order chi connectivity index (χ1) is 8.85. The van der Waals surface area contributed by atoms with Gasteiger partial charge in [-0.1, -0.05) is 25.1 Å². The second-order valence-corrected chi connectivity index (χ2v) is 4.25. The van der Waals surface area contributed by atoms with Gasteiger partial charge in [0, 0.05) is 6.54 Å². The minimum Gasteiger partial charge on any atom is -0.377 e. The lowest BCUT2D eigenvalue weighted by molar-refractivity contribution is 0.0236. The van der Waals surface area contributed by atoms with Gasteiger partial charge < -0.3 is 9.64 Å². The maximum absolute atomic E-state index is 5.61. The summed E-state index contributed by atoms with van der Waals surface area (Å²) in [6.07, 6.45) is 1.01. The molecule has 1 aromatic rings. The van der Waals surface area contributed by atoms with Gasteiger partial charge in [0.15, 0.2) is 0 Å². The van der Waals surface area contributed by atoms with E-state index in [1.54, 1.807) is 0 Å². The quantitative estimate of drug-likeness (QED) is 0.358. The molecule has 18 heavy (non-hydrogen) atoms. The Balaban J connectivity index is 2.19. The summed E-state index contributed by atoms with van der Waals surface area (Å²) in [6, 6.07) is 10.1. The lowest BCUT2D eigenvalue weighted by Crippen LogP contribution is -2.54. The van der Waals surface area contributed by atoms with Crippen LogP contribution in [0.3, 0.4) is 0 Å². The van der Waals surface area contributed by atoms with E-state index in [1.807, 2.05) is 30.3 Å². The van der Waals surface area contributed by atoms with Crippen molar-refractivity contribution in [1.82, 2.24) is 10.3 Å². The molecule has 1 atom stereocenters. The summed E-state index contributed by atoms with van der Waals surface area (Å²) in [6.45, 7) is 4.40. The molecule has 0 saturated carbocycles. The van der Waals surface area contributed by atoms with Crippen LogP contribution in [0.15, 0.2) is 35.3 Å². The van der Waals surface area contributed by atoms with Crippen molar-refractivity contribution in [2.24, 2.45) is 10.8 Å². The van der Waals surface area contributed by atoms with Crippen LogP contribution in [0.25, 0.3) is 0 Å². The number of nitrogens with two attached hydrogens (primary N) is 1. The molecule has 5 heteroatoms. The standard InChI is InChI=1S/C13H20N4O/c1-2-12-10-18-9-8-17(12)13(16-14)15-11-6-4-3-5-7-11/h3-7,12H,2,8-10,14H2,1H3,(H,15,16). The number of nitrogens with one attached hydrogen (secondary N) is 1. The largest absolute Gasteiger partial charge is 0.377 e. The molecular weight excluding hydrogens is 228 g/mol. The second-order valence-electron chi connectivity index (χ2n) is 4.25. The first-order valence-electron chi connectivity index (χ1n) is 6.30. The van der Waals surface area contributed by atoms with E-state index in [2.05, 4.69) is 22.2 Å². The van der Waals surface area contributed by atoms with E-state index in [9.17, 15) is 0 Å². The number of hydrogen-bond donors (Lipinski definition) is 2. The van der Waals surface area contributed by atoms with E-state index in [1.165, 1.54) is 0 Å². The highest BCUT2D eigenvalue weighted by Crippen LogP contribution is 2.14. The molecule has 5 nitrogen and oxygen atoms in total. The van der Waals surface area contributed by atoms with Crippen molar-refractivity contribution in [1.29, 1.82) is 0 Å². The summed E-state index contributed by atoms with van der Waals surface area (Å²) >= 11 is 0. The average molecular weight is 248 g/mol. The SMILES string of the molecule is CCC1COCCN1C(=Nc1ccccc1)NN. The van der Waals surface area contributed by atoms with E-state index >= 15 is 0 Å². The Morgan fingerprint density at radius 2 is 2.28 bits per heavy atom. The second kappa shape index (κ2) is 6.37. The first kappa shape index (κ1) is 12.9. The number of aliphatic imine (C=N–C) groups is 1. The van der Waals surface area contributed by atoms with Crippen molar-refractivity contribution in [2.45, 2.75) is 19.4 Å². The van der Waals surface area contributed by atoms with Gasteiger partial charge in [0.2, 0.25) is 5.96 Å². The predicted molar refractivity (Wildman–Crippen MR) is 72.5 cm³/mol. The fraction of sp³-hybridized carbons (Fsp3) is 0.462. The van der Waals surface area contributed by atoms with Crippen LogP contribution < -0.4 is 11.3 Å². The molecule has 1 aliphatic heterocycles. The summed E-state index contributed by atoms with van der Waals surface area (Å²) in [5.74, 6) is 6.31. The van der Waals surface area contributed by atoms with E-state index < -0.39 is 0 Å². The van der Waals surface area contributed by atoms with E-state index in [0.29, 0.717) is 18.6 Å². The molecule has 0 aliphatic carbocycles. The average Bonchev–Trinajstić information content (AvgIpc) is 2.46. The Morgan fingerprint density at radius 1 is 1.50 bits per heavy atom. The van der Waals surface area contributed by atoms with Crippen molar-refractivity contribution >= 4 is 11.6 Å². The molecule has 1 aliphatic rings. The fourth-order valence-corrected chi connectivity index (χ4v) is 2.08. The molecular formula is C13H20N4O. The zero-order chi connectivity index (χ0) is 12.8. The number of hydrazine groups is 1. The Morgan fingerprint density at radius 3 is 2.94 bits per heavy atom. The Kier molecular flexibility index (Phi) is 4.55. The minimum absolute atomic E-state index is 0.331. The van der Waals surface area contributed by atoms with Crippen molar-refractivity contribution in [2.75, 3.05) is 19.8 Å². The normalized spacial score (nSPS) is 20.9. The third-order valence-electron chi connectivity index (χ3n) is 3.09. The van der Waals surface area contributed by atoms with Crippen LogP contribution in [0.5, 0.6) is 0 Å². The topological polar surface area (TPSA) is 62.9 Å². The summed E-state index contributed by atoms with van der Waals surface area (Å²) in [4.78, 5) is 6.73. The molecule has 98 valence electrons. The zero-order valence-corrected chi connectivity index (χ0v) is 10.7. The van der Waals surface area contributed by atoms with Gasteiger partial charge in [-0.05, 0) is 18.6 Å². The smallest absolute Gasteiger partial charge is 0.214 e. The Hall–Kier alpha value is -1.59. The van der Waals surface area contributed by atoms with Crippen LogP contribution in [-0.4, -0.2) is 36.7 Å². The summed E-state index contributed by atoms with van der Waals surface area (Å²) in [5, 5.41) is 0. The van der Waals surface area contributed by atoms with Crippen LogP contribution >= 0.6 is 0 Å². The number of nitrogens with zero attached hydrogens (tertiary/aromatic N) is 2. The van der Waals surface area contributed by atoms with Gasteiger partial charge in [0.05, 0.1) is 24.9 Å². The molecule has 1 aromatic carbocycles. The number of hydrogen-bond acceptors (Lipinski definition) is 3. The van der Waals surface area contributed by atoms with Crippen molar-refractivity contribution in [3.05, 3.63) is 30.3 Å². The summed E-state index contributed by atoms with van der Waals surface area (Å²) in [7, 11) is 0. The molecule has 1 unspecified atom stereocenters. The monoisotopic (exact) mass is 248 g/mol. The maximum atomic E-state index is 5.61. The maximum Gasteiger partial charge on any atom is 0.214 e. The predicted octanol–water partition coefficient (Wildman–Crippen LogP) is 1.25. The van der Waals surface area contributed by atoms with Crippen LogP contribution in [0, 0.1) is 0 Å². The molecule has 1 heterocycles. The summed E-state index contributed by atoms with van der Waals surface area (Å²) in [5.41, 5.74) is 3.60. The highest BCUT2D eigenvalue weighted by Gasteiger charge is 2.24. The minimum atomic E-state index is 0.331. The molecule has 0 bridgehead atoms. The molecule has 0 spiro atoms. The molecule has 1 saturated heterocycles. The van der Waals surface area contributed by atoms with E-state index in [4.69, 9.17) is 10.6 Å². The van der Waals surface area contributed by atoms with E-state index in [-0.39, 0.29) is 0 Å². The van der Waals surface area contributed by atoms with Gasteiger partial charge in [-0.25, -0.2) is 10.8 Å². The van der Waals surface area contributed by atoms with Crippen molar-refractivity contribution < 1.29 is 4.74 Å². The lowest BCUT2D eigenvalue weighted by Gasteiger charge is -2.36. The number of guanidine groups is 1. The third kappa shape index (κ3) is 3.00. The van der Waals surface area contributed by atoms with Crippen molar-refractivity contribution in [3.63, 3.8) is 0 Å². The van der Waals surface area contributed by atoms with Gasteiger partial charge in [-0.2, -0.15) is 0 Å². The molecule has 2 rings (SSSR count). The van der Waals surface area contributed by atoms with Gasteiger partial charge in [-0.15, -0.1) is 0 Å². The number of para-hydroxylation sites is 1. The highest BCUT2D eigenvalue weighted by atomic mass is 16.5. The number of benzene rings is 1. The van der Waals surface area contributed by atoms with Gasteiger partial charge >= 0.3 is 0 Å². The zero-order valence-electron chi connectivity index (χ0n) is 10.7. The molecule has 1 fully saturated rings. The highest BCUT2D eigenvalue weighted by molar-refractivity contribution is 5.82. The summed E-state index contributed by atoms with van der Waals surface area (Å²) < 4.78 is 5.48. The van der Waals surface area contributed by atoms with Gasteiger partial charge in [0.1, 0.15) is 0 Å². The fourth-order valence-electron chi connectivity index (χ4n) is 2.08. The van der Waals surface area contributed by atoms with Crippen molar-refractivity contribution in [3.8, 4) is 0 Å². The number of morpholine rings is 1. The Bertz CT molecular complexity index is 393. The molecule has 0 aromatic heterocycles. The first-order valence-corrected chi connectivity index (χ1v) is 6.30. The third-order valence-corrected chi connectivity index (χ3v) is 3.09. The van der Waals surface area contributed by atoms with Gasteiger partial charge in [-0.3, -0.25) is 5.43 Å².